The summed E-state index contributed by atoms with van der Waals surface area (Å²) < 4.78 is 17.9. The predicted octanol–water partition coefficient (Wildman–Crippen LogP) is 6.04. The third kappa shape index (κ3) is 7.51. The van der Waals surface area contributed by atoms with Gasteiger partial charge in [0.15, 0.2) is 0 Å². The highest BCUT2D eigenvalue weighted by Gasteiger charge is 2.37. The number of hydrogen-bond donors (Lipinski definition) is 2. The van der Waals surface area contributed by atoms with Crippen LogP contribution in [0.5, 0.6) is 5.75 Å². The average molecular weight is 526 g/mol. The molecule has 8 nitrogen and oxygen atoms in total. The van der Waals surface area contributed by atoms with Crippen LogP contribution in [0.15, 0.2) is 27.7 Å². The Morgan fingerprint density at radius 3 is 2.58 bits per heavy atom. The number of hydrogen-bond acceptors (Lipinski definition) is 6. The van der Waals surface area contributed by atoms with Gasteiger partial charge in [-0.3, -0.25) is 4.79 Å². The van der Waals surface area contributed by atoms with Crippen LogP contribution in [0.2, 0.25) is 0 Å². The SMILES string of the molecule is CCc1c/c(=N/NC(=O)CCCCCNC(=O)OC(C)(C)C)oc2cc3c(cc12)CCC1(CCCCC1)O3. The van der Waals surface area contributed by atoms with E-state index in [2.05, 4.69) is 28.8 Å². The fraction of sp³-hybridized carbons (Fsp3) is 0.633. The fourth-order valence-electron chi connectivity index (χ4n) is 5.41. The molecule has 1 fully saturated rings. The van der Waals surface area contributed by atoms with E-state index >= 15 is 0 Å². The van der Waals surface area contributed by atoms with E-state index < -0.39 is 11.7 Å². The van der Waals surface area contributed by atoms with Crippen molar-refractivity contribution in [3.63, 3.8) is 0 Å². The van der Waals surface area contributed by atoms with Crippen LogP contribution >= 0.6 is 0 Å². The number of ether oxygens (including phenoxy) is 2. The summed E-state index contributed by atoms with van der Waals surface area (Å²) in [5.74, 6) is 0.769. The lowest BCUT2D eigenvalue weighted by Gasteiger charge is -2.41. The van der Waals surface area contributed by atoms with E-state index in [1.54, 1.807) is 0 Å². The van der Waals surface area contributed by atoms with Crippen LogP contribution in [-0.2, 0) is 22.4 Å². The number of amides is 2. The quantitative estimate of drug-likeness (QED) is 0.323. The number of nitrogens with one attached hydrogen (secondary N) is 2. The van der Waals surface area contributed by atoms with Gasteiger partial charge in [0.2, 0.25) is 11.5 Å². The van der Waals surface area contributed by atoms with Crippen molar-refractivity contribution in [3.05, 3.63) is 34.9 Å². The molecule has 208 valence electrons. The molecule has 0 radical (unpaired) electrons. The van der Waals surface area contributed by atoms with Crippen molar-refractivity contribution in [3.8, 4) is 5.75 Å². The van der Waals surface area contributed by atoms with E-state index in [0.717, 1.165) is 67.2 Å². The molecule has 2 aromatic rings. The highest BCUT2D eigenvalue weighted by molar-refractivity contribution is 5.83. The van der Waals surface area contributed by atoms with Gasteiger partial charge in [-0.2, -0.15) is 0 Å². The van der Waals surface area contributed by atoms with Crippen LogP contribution in [-0.4, -0.2) is 29.7 Å². The van der Waals surface area contributed by atoms with Gasteiger partial charge in [-0.15, -0.1) is 5.10 Å². The van der Waals surface area contributed by atoms with Gasteiger partial charge in [0, 0.05) is 30.5 Å². The number of rotatable bonds is 8. The normalized spacial score (nSPS) is 17.1. The number of aryl methyl sites for hydroxylation is 2. The summed E-state index contributed by atoms with van der Waals surface area (Å²) in [6.07, 6.45) is 11.2. The Kier molecular flexibility index (Phi) is 9.00. The zero-order valence-electron chi connectivity index (χ0n) is 23.4. The molecule has 1 spiro atoms. The number of carbonyl (C=O) groups is 2. The molecule has 1 saturated carbocycles. The molecule has 0 atom stereocenters. The van der Waals surface area contributed by atoms with Gasteiger partial charge in [0.05, 0.1) is 0 Å². The van der Waals surface area contributed by atoms with E-state index in [1.165, 1.54) is 24.8 Å². The van der Waals surface area contributed by atoms with Gasteiger partial charge in [0.1, 0.15) is 22.5 Å². The summed E-state index contributed by atoms with van der Waals surface area (Å²) >= 11 is 0. The Labute approximate surface area is 225 Å². The molecule has 2 N–H and O–H groups in total. The first-order chi connectivity index (χ1) is 18.2. The highest BCUT2D eigenvalue weighted by Crippen LogP contribution is 2.43. The maximum atomic E-state index is 12.3. The van der Waals surface area contributed by atoms with Gasteiger partial charge in [0.25, 0.3) is 0 Å². The smallest absolute Gasteiger partial charge is 0.407 e. The monoisotopic (exact) mass is 525 g/mol. The van der Waals surface area contributed by atoms with Crippen LogP contribution in [0.1, 0.15) is 103 Å². The second-order valence-corrected chi connectivity index (χ2v) is 11.7. The minimum absolute atomic E-state index is 0.0196. The summed E-state index contributed by atoms with van der Waals surface area (Å²) in [6.45, 7) is 8.13. The minimum atomic E-state index is -0.508. The lowest BCUT2D eigenvalue weighted by Crippen LogP contribution is -2.41. The van der Waals surface area contributed by atoms with Crippen LogP contribution < -0.4 is 21.0 Å². The van der Waals surface area contributed by atoms with Crippen molar-refractivity contribution in [2.45, 2.75) is 116 Å². The van der Waals surface area contributed by atoms with Crippen molar-refractivity contribution >= 4 is 23.0 Å². The summed E-state index contributed by atoms with van der Waals surface area (Å²) in [5.41, 5.74) is 5.61. The van der Waals surface area contributed by atoms with Crippen molar-refractivity contribution < 1.29 is 23.5 Å². The Bertz CT molecular complexity index is 1200. The molecule has 1 aliphatic heterocycles. The molecule has 2 heterocycles. The second-order valence-electron chi connectivity index (χ2n) is 11.7. The second kappa shape index (κ2) is 12.2. The fourth-order valence-corrected chi connectivity index (χ4v) is 5.41. The van der Waals surface area contributed by atoms with Crippen molar-refractivity contribution in [1.82, 2.24) is 10.7 Å². The molecule has 0 saturated heterocycles. The van der Waals surface area contributed by atoms with Gasteiger partial charge in [-0.25, -0.2) is 10.2 Å². The summed E-state index contributed by atoms with van der Waals surface area (Å²) in [4.78, 5) is 24.0. The lowest BCUT2D eigenvalue weighted by atomic mass is 9.79. The third-order valence-corrected chi connectivity index (χ3v) is 7.38. The van der Waals surface area contributed by atoms with E-state index in [4.69, 9.17) is 13.9 Å². The van der Waals surface area contributed by atoms with Crippen LogP contribution in [0.4, 0.5) is 4.79 Å². The van der Waals surface area contributed by atoms with E-state index in [1.807, 2.05) is 32.9 Å². The molecule has 1 aliphatic carbocycles. The highest BCUT2D eigenvalue weighted by atomic mass is 16.6. The Morgan fingerprint density at radius 1 is 1.05 bits per heavy atom. The molecule has 4 rings (SSSR count). The first-order valence-electron chi connectivity index (χ1n) is 14.2. The third-order valence-electron chi connectivity index (χ3n) is 7.38. The number of fused-ring (bicyclic) bond motifs is 2. The topological polar surface area (TPSA) is 102 Å². The van der Waals surface area contributed by atoms with E-state index in [-0.39, 0.29) is 11.5 Å². The van der Waals surface area contributed by atoms with Crippen molar-refractivity contribution in [2.75, 3.05) is 6.54 Å². The molecule has 0 unspecified atom stereocenters. The first kappa shape index (κ1) is 28.0. The van der Waals surface area contributed by atoms with E-state index in [0.29, 0.717) is 24.9 Å². The zero-order valence-corrected chi connectivity index (χ0v) is 23.4. The molecule has 2 aliphatic rings. The molecule has 0 bridgehead atoms. The molecule has 8 heteroatoms. The van der Waals surface area contributed by atoms with Crippen molar-refractivity contribution in [1.29, 1.82) is 0 Å². The maximum Gasteiger partial charge on any atom is 0.407 e. The Balaban J connectivity index is 1.33. The summed E-state index contributed by atoms with van der Waals surface area (Å²) in [5, 5.41) is 8.07. The average Bonchev–Trinajstić information content (AvgIpc) is 2.87. The molecular formula is C30H43N3O5. The molecule has 38 heavy (non-hydrogen) atoms. The molecular weight excluding hydrogens is 482 g/mol. The van der Waals surface area contributed by atoms with Gasteiger partial charge < -0.3 is 19.2 Å². The molecule has 1 aromatic carbocycles. The predicted molar refractivity (Wildman–Crippen MR) is 147 cm³/mol. The Morgan fingerprint density at radius 2 is 1.84 bits per heavy atom. The number of carbonyl (C=O) groups excluding carboxylic acids is 2. The first-order valence-corrected chi connectivity index (χ1v) is 14.2. The van der Waals surface area contributed by atoms with E-state index in [9.17, 15) is 9.59 Å². The van der Waals surface area contributed by atoms with Crippen LogP contribution in [0, 0.1) is 0 Å². The molecule has 2 amide bonds. The van der Waals surface area contributed by atoms with Crippen molar-refractivity contribution in [2.24, 2.45) is 5.10 Å². The maximum absolute atomic E-state index is 12.3. The number of alkyl carbamates (subject to hydrolysis) is 1. The van der Waals surface area contributed by atoms with Crippen LogP contribution in [0.3, 0.4) is 0 Å². The van der Waals surface area contributed by atoms with Gasteiger partial charge >= 0.3 is 6.09 Å². The number of benzene rings is 1. The lowest BCUT2D eigenvalue weighted by molar-refractivity contribution is -0.121. The minimum Gasteiger partial charge on any atom is -0.487 e. The number of unbranched alkanes of at least 4 members (excludes halogenated alkanes) is 2. The van der Waals surface area contributed by atoms with Gasteiger partial charge in [-0.1, -0.05) is 19.8 Å². The summed E-state index contributed by atoms with van der Waals surface area (Å²) in [7, 11) is 0. The number of nitrogens with zero attached hydrogens (tertiary/aromatic N) is 1. The van der Waals surface area contributed by atoms with Crippen LogP contribution in [0.25, 0.3) is 11.0 Å². The van der Waals surface area contributed by atoms with Gasteiger partial charge in [-0.05, 0) is 95.8 Å². The Hall–Kier alpha value is -3.03. The summed E-state index contributed by atoms with van der Waals surface area (Å²) in [6, 6.07) is 6.14. The standard InChI is InChI=1S/C30H43N3O5/c1-5-21-19-27(33-32-26(34)12-8-6-11-17-31-28(35)38-29(2,3)4)36-25-20-24-22(18-23(21)25)13-16-30(37-24)14-9-7-10-15-30/h18-20H,5-17H2,1-4H3,(H,31,35)(H,32,34)/b33-27-. The molecule has 1 aromatic heterocycles. The zero-order chi connectivity index (χ0) is 27.2. The largest absolute Gasteiger partial charge is 0.487 e.